The van der Waals surface area contributed by atoms with Crippen molar-refractivity contribution >= 4 is 23.9 Å². The number of fused-ring (bicyclic) bond motifs is 1. The number of carbonyl (C=O) groups excluding carboxylic acids is 2. The Kier molecular flexibility index (Phi) is 6.03. The molecule has 0 aromatic heterocycles. The number of para-hydroxylation sites is 1. The average Bonchev–Trinajstić information content (AvgIpc) is 3.61. The number of likely N-dealkylation sites (tertiary alicyclic amines) is 1. The minimum atomic E-state index is -2.58. The van der Waals surface area contributed by atoms with Crippen molar-refractivity contribution < 1.29 is 24.5 Å². The van der Waals surface area contributed by atoms with Gasteiger partial charge >= 0.3 is 6.03 Å². The third-order valence-corrected chi connectivity index (χ3v) is 8.92. The van der Waals surface area contributed by atoms with E-state index in [1.807, 2.05) is 6.07 Å². The van der Waals surface area contributed by atoms with Crippen LogP contribution in [0.2, 0.25) is 0 Å². The summed E-state index contributed by atoms with van der Waals surface area (Å²) in [5, 5.41) is 32.0. The fourth-order valence-electron chi connectivity index (χ4n) is 6.66. The highest BCUT2D eigenvalue weighted by atomic mass is 16.5. The van der Waals surface area contributed by atoms with Gasteiger partial charge in [-0.15, -0.1) is 0 Å². The Labute approximate surface area is 231 Å². The predicted octanol–water partition coefficient (Wildman–Crippen LogP) is -1.67. The minimum Gasteiger partial charge on any atom is -0.492 e. The zero-order valence-corrected chi connectivity index (χ0v) is 22.7. The average molecular weight is 556 g/mol. The molecule has 0 radical (unpaired) electrons. The van der Waals surface area contributed by atoms with E-state index < -0.39 is 35.5 Å². The molecule has 2 saturated heterocycles. The molecule has 5 heterocycles. The molecule has 14 nitrogen and oxygen atoms in total. The third kappa shape index (κ3) is 3.84. The van der Waals surface area contributed by atoms with Crippen LogP contribution in [-0.4, -0.2) is 106 Å². The van der Waals surface area contributed by atoms with Crippen LogP contribution >= 0.6 is 0 Å². The van der Waals surface area contributed by atoms with Crippen LogP contribution in [0.5, 0.6) is 5.75 Å². The number of aliphatic hydroxyl groups is 2. The first kappa shape index (κ1) is 26.4. The molecule has 0 saturated carbocycles. The summed E-state index contributed by atoms with van der Waals surface area (Å²) in [6.45, 7) is 6.01. The van der Waals surface area contributed by atoms with Gasteiger partial charge in [0.15, 0.2) is 17.6 Å². The number of nitrogens with two attached hydrogens (primary N) is 2. The number of hydrogen-bond donors (Lipinski definition) is 7. The number of benzene rings is 1. The summed E-state index contributed by atoms with van der Waals surface area (Å²) in [5.41, 5.74) is 11.8. The lowest BCUT2D eigenvalue weighted by Gasteiger charge is -2.49. The normalized spacial score (nSPS) is 31.1. The second-order valence-electron chi connectivity index (χ2n) is 11.8. The number of carbonyl (C=O) groups is 2. The molecular formula is C26H37N9O5. The van der Waals surface area contributed by atoms with Crippen LogP contribution in [0.15, 0.2) is 28.2 Å². The summed E-state index contributed by atoms with van der Waals surface area (Å²) in [6, 6.07) is 2.31. The molecule has 0 aliphatic carbocycles. The van der Waals surface area contributed by atoms with Gasteiger partial charge in [0.05, 0.1) is 18.2 Å². The van der Waals surface area contributed by atoms with Gasteiger partial charge in [0.1, 0.15) is 17.8 Å². The molecule has 3 amide bonds. The molecule has 216 valence electrons. The van der Waals surface area contributed by atoms with Crippen LogP contribution in [-0.2, 0) is 5.41 Å². The van der Waals surface area contributed by atoms with Gasteiger partial charge in [-0.2, -0.15) is 0 Å². The Morgan fingerprint density at radius 1 is 1.20 bits per heavy atom. The molecule has 1 aromatic carbocycles. The Balaban J connectivity index is 1.26. The first-order valence-corrected chi connectivity index (χ1v) is 13.7. The number of ether oxygens (including phenoxy) is 1. The fourth-order valence-corrected chi connectivity index (χ4v) is 6.66. The molecule has 9 N–H and O–H groups in total. The Hall–Kier alpha value is -3.78. The lowest BCUT2D eigenvalue weighted by molar-refractivity contribution is -0.230. The Morgan fingerprint density at radius 3 is 2.70 bits per heavy atom. The van der Waals surface area contributed by atoms with Crippen molar-refractivity contribution in [3.8, 4) is 5.75 Å². The second-order valence-corrected chi connectivity index (χ2v) is 11.8. The van der Waals surface area contributed by atoms with Crippen molar-refractivity contribution in [2.24, 2.45) is 21.5 Å². The molecule has 5 aliphatic rings. The quantitative estimate of drug-likeness (QED) is 0.212. The summed E-state index contributed by atoms with van der Waals surface area (Å²) in [5.74, 6) is -2.61. The van der Waals surface area contributed by atoms with Crippen molar-refractivity contribution in [1.82, 2.24) is 25.8 Å². The van der Waals surface area contributed by atoms with E-state index in [-0.39, 0.29) is 36.5 Å². The first-order valence-electron chi connectivity index (χ1n) is 13.7. The van der Waals surface area contributed by atoms with Crippen LogP contribution in [0, 0.1) is 0 Å². The lowest BCUT2D eigenvalue weighted by atomic mass is 9.79. The smallest absolute Gasteiger partial charge is 0.317 e. The summed E-state index contributed by atoms with van der Waals surface area (Å²) in [7, 11) is 0. The van der Waals surface area contributed by atoms with Crippen molar-refractivity contribution in [3.05, 3.63) is 29.3 Å². The fraction of sp³-hybridized carbons (Fsp3) is 0.615. The summed E-state index contributed by atoms with van der Waals surface area (Å²) < 4.78 is 5.90. The van der Waals surface area contributed by atoms with E-state index in [0.29, 0.717) is 31.0 Å². The van der Waals surface area contributed by atoms with Crippen molar-refractivity contribution in [3.63, 3.8) is 0 Å². The zero-order chi connectivity index (χ0) is 28.4. The first-order chi connectivity index (χ1) is 19.0. The predicted molar refractivity (Wildman–Crippen MR) is 146 cm³/mol. The number of nitrogens with one attached hydrogen (secondary N) is 3. The maximum Gasteiger partial charge on any atom is 0.317 e. The van der Waals surface area contributed by atoms with Gasteiger partial charge in [0, 0.05) is 31.7 Å². The Bertz CT molecular complexity index is 1290. The van der Waals surface area contributed by atoms with Gasteiger partial charge < -0.3 is 52.2 Å². The van der Waals surface area contributed by atoms with Crippen LogP contribution in [0.4, 0.5) is 4.79 Å². The second kappa shape index (κ2) is 9.13. The molecule has 3 unspecified atom stereocenters. The number of hydrogen-bond acceptors (Lipinski definition) is 11. The van der Waals surface area contributed by atoms with Crippen molar-refractivity contribution in [2.75, 3.05) is 32.8 Å². The molecule has 14 heteroatoms. The number of amides is 3. The van der Waals surface area contributed by atoms with Gasteiger partial charge in [0.25, 0.3) is 5.91 Å². The maximum absolute atomic E-state index is 13.6. The Morgan fingerprint density at radius 2 is 1.95 bits per heavy atom. The molecular weight excluding hydrogens is 518 g/mol. The van der Waals surface area contributed by atoms with Gasteiger partial charge in [-0.3, -0.25) is 4.79 Å². The largest absolute Gasteiger partial charge is 0.492 e. The zero-order valence-electron chi connectivity index (χ0n) is 22.7. The molecule has 1 aromatic rings. The SMILES string of the molecule is CC1(C)CCOc2c(C(=O)NC3CN4C(N)=N[C@@H](CNC(=O)N5CCCC5)C5N=C(N)NC54C3(O)O)cccc21. The van der Waals surface area contributed by atoms with E-state index in [0.717, 1.165) is 24.8 Å². The van der Waals surface area contributed by atoms with E-state index in [1.54, 1.807) is 17.0 Å². The van der Waals surface area contributed by atoms with E-state index in [9.17, 15) is 19.8 Å². The molecule has 0 bridgehead atoms. The number of aliphatic imine (C=N–C) groups is 2. The van der Waals surface area contributed by atoms with Gasteiger partial charge in [-0.25, -0.2) is 14.8 Å². The molecule has 1 spiro atoms. The van der Waals surface area contributed by atoms with Crippen LogP contribution < -0.4 is 32.2 Å². The monoisotopic (exact) mass is 555 g/mol. The van der Waals surface area contributed by atoms with Crippen molar-refractivity contribution in [1.29, 1.82) is 0 Å². The van der Waals surface area contributed by atoms with Gasteiger partial charge in [-0.05, 0) is 30.7 Å². The van der Waals surface area contributed by atoms with Crippen molar-refractivity contribution in [2.45, 2.75) is 68.1 Å². The molecule has 2 fully saturated rings. The molecule has 4 atom stereocenters. The van der Waals surface area contributed by atoms with E-state index in [4.69, 9.17) is 16.2 Å². The summed E-state index contributed by atoms with van der Waals surface area (Å²) in [4.78, 5) is 38.4. The third-order valence-electron chi connectivity index (χ3n) is 8.92. The number of nitrogens with zero attached hydrogens (tertiary/aromatic N) is 4. The van der Waals surface area contributed by atoms with Crippen LogP contribution in [0.25, 0.3) is 0 Å². The number of urea groups is 1. The van der Waals surface area contributed by atoms with Crippen LogP contribution in [0.3, 0.4) is 0 Å². The number of rotatable bonds is 4. The molecule has 40 heavy (non-hydrogen) atoms. The van der Waals surface area contributed by atoms with E-state index in [1.165, 1.54) is 4.90 Å². The highest BCUT2D eigenvalue weighted by molar-refractivity contribution is 5.98. The minimum absolute atomic E-state index is 0.0143. The highest BCUT2D eigenvalue weighted by Crippen LogP contribution is 2.45. The van der Waals surface area contributed by atoms with Gasteiger partial charge in [0.2, 0.25) is 5.79 Å². The van der Waals surface area contributed by atoms with Crippen LogP contribution in [0.1, 0.15) is 49.0 Å². The topological polar surface area (TPSA) is 203 Å². The number of guanidine groups is 2. The maximum atomic E-state index is 13.6. The lowest BCUT2D eigenvalue weighted by Crippen LogP contribution is -2.78. The molecule has 6 rings (SSSR count). The van der Waals surface area contributed by atoms with E-state index >= 15 is 0 Å². The summed E-state index contributed by atoms with van der Waals surface area (Å²) in [6.07, 6.45) is 2.72. The van der Waals surface area contributed by atoms with E-state index in [2.05, 4.69) is 39.8 Å². The van der Waals surface area contributed by atoms with Gasteiger partial charge in [-0.1, -0.05) is 26.0 Å². The summed E-state index contributed by atoms with van der Waals surface area (Å²) >= 11 is 0. The highest BCUT2D eigenvalue weighted by Gasteiger charge is 2.73. The standard InChI is InChI=1S/C26H37N9O5/c1-24(2)8-11-40-18-14(6-5-7-15(18)24)20(36)31-17-13-35-22(28)30-16(12-29-23(37)34-9-3-4-10-34)19-25(35,26(17,38)39)33-21(27)32-19/h5-7,16-17,19,38-39H,3-4,8-13H2,1-2H3,(H2,28,30)(H,29,37)(H,31,36)(H3,27,32,33)/t16-,17?,19?,25?/m0/s1. The molecule has 5 aliphatic heterocycles.